The average Bonchev–Trinajstić information content (AvgIpc) is 2.98. The van der Waals surface area contributed by atoms with Crippen LogP contribution in [0.5, 0.6) is 0 Å². The highest BCUT2D eigenvalue weighted by molar-refractivity contribution is 9.11. The van der Waals surface area contributed by atoms with Gasteiger partial charge in [-0.3, -0.25) is 0 Å². The fourth-order valence-corrected chi connectivity index (χ4v) is 4.41. The number of halogens is 1. The van der Waals surface area contributed by atoms with E-state index in [1.807, 2.05) is 13.8 Å². The molecule has 2 unspecified atom stereocenters. The third-order valence-electron chi connectivity index (χ3n) is 5.27. The third kappa shape index (κ3) is 7.55. The highest BCUT2D eigenvalue weighted by atomic mass is 79.9. The summed E-state index contributed by atoms with van der Waals surface area (Å²) < 4.78 is 0. The smallest absolute Gasteiger partial charge is 0.330 e. The van der Waals surface area contributed by atoms with Gasteiger partial charge in [0.1, 0.15) is 0 Å². The van der Waals surface area contributed by atoms with Crippen LogP contribution in [0.25, 0.3) is 0 Å². The van der Waals surface area contributed by atoms with Gasteiger partial charge in [0.25, 0.3) is 0 Å². The zero-order valence-corrected chi connectivity index (χ0v) is 17.8. The molecular formula is C21H37BrO2. The number of carbonyl (C=O) groups is 1. The van der Waals surface area contributed by atoms with Gasteiger partial charge >= 0.3 is 5.97 Å². The fourth-order valence-electron chi connectivity index (χ4n) is 3.86. The van der Waals surface area contributed by atoms with Gasteiger partial charge in [0.15, 0.2) is 0 Å². The molecule has 0 heterocycles. The van der Waals surface area contributed by atoms with Crippen molar-refractivity contribution in [2.24, 2.45) is 11.3 Å². The van der Waals surface area contributed by atoms with Gasteiger partial charge in [0.05, 0.1) is 0 Å². The Morgan fingerprint density at radius 3 is 2.50 bits per heavy atom. The largest absolute Gasteiger partial charge is 0.478 e. The molecule has 0 amide bonds. The Morgan fingerprint density at radius 1 is 1.33 bits per heavy atom. The Labute approximate surface area is 157 Å². The predicted octanol–water partition coefficient (Wildman–Crippen LogP) is 7.49. The summed E-state index contributed by atoms with van der Waals surface area (Å²) in [6, 6.07) is 0. The number of carboxylic acids is 1. The number of carboxylic acid groups (broad SMARTS) is 1. The van der Waals surface area contributed by atoms with E-state index >= 15 is 0 Å². The van der Waals surface area contributed by atoms with Crippen molar-refractivity contribution >= 4 is 21.9 Å². The van der Waals surface area contributed by atoms with E-state index in [-0.39, 0.29) is 0 Å². The summed E-state index contributed by atoms with van der Waals surface area (Å²) in [6.45, 7) is 12.0. The van der Waals surface area contributed by atoms with Crippen LogP contribution in [0.1, 0.15) is 91.9 Å². The van der Waals surface area contributed by atoms with Crippen molar-refractivity contribution in [3.05, 3.63) is 22.7 Å². The van der Waals surface area contributed by atoms with E-state index < -0.39 is 5.97 Å². The van der Waals surface area contributed by atoms with E-state index in [1.165, 1.54) is 38.5 Å². The lowest BCUT2D eigenvalue weighted by molar-refractivity contribution is -0.132. The highest BCUT2D eigenvalue weighted by Gasteiger charge is 2.42. The lowest BCUT2D eigenvalue weighted by Gasteiger charge is -2.38. The third-order valence-corrected chi connectivity index (χ3v) is 5.86. The maximum Gasteiger partial charge on any atom is 0.330 e. The molecule has 2 rings (SSSR count). The Kier molecular flexibility index (Phi) is 12.4. The minimum atomic E-state index is -0.865. The molecule has 3 heteroatoms. The standard InChI is InChI=1S/C11H17Br.C8H14O2.C2H6/c1-11-6-2-4-9(8-12)10(11)5-3-7-11;1-3-4-5-6-7(2)8(9)10;1-2/h8,10H,2-7H2,1H3;2-6H2,1H3,(H,9,10);1-2H3/b9-8+;;. The SMILES string of the molecule is C=C(CCCCC)C(=O)O.CC.CC12CCC/C(=C\Br)C1CCC2. The van der Waals surface area contributed by atoms with Crippen LogP contribution < -0.4 is 0 Å². The molecule has 2 atom stereocenters. The van der Waals surface area contributed by atoms with Gasteiger partial charge in [-0.2, -0.15) is 0 Å². The van der Waals surface area contributed by atoms with E-state index in [1.54, 1.807) is 5.57 Å². The molecule has 2 fully saturated rings. The Morgan fingerprint density at radius 2 is 1.96 bits per heavy atom. The van der Waals surface area contributed by atoms with Crippen molar-refractivity contribution in [2.45, 2.75) is 91.9 Å². The zero-order valence-electron chi connectivity index (χ0n) is 16.2. The molecule has 0 aromatic rings. The maximum absolute atomic E-state index is 10.2. The molecule has 2 aliphatic carbocycles. The van der Waals surface area contributed by atoms with Crippen molar-refractivity contribution in [3.63, 3.8) is 0 Å². The lowest BCUT2D eigenvalue weighted by atomic mass is 9.68. The lowest BCUT2D eigenvalue weighted by Crippen LogP contribution is -2.27. The Balaban J connectivity index is 0.000000407. The number of rotatable bonds is 5. The van der Waals surface area contributed by atoms with Crippen LogP contribution in [-0.4, -0.2) is 11.1 Å². The number of hydrogen-bond acceptors (Lipinski definition) is 1. The predicted molar refractivity (Wildman–Crippen MR) is 109 cm³/mol. The number of fused-ring (bicyclic) bond motifs is 1. The van der Waals surface area contributed by atoms with E-state index in [0.717, 1.165) is 25.2 Å². The fraction of sp³-hybridized carbons (Fsp3) is 0.762. The molecule has 2 saturated carbocycles. The number of allylic oxidation sites excluding steroid dienone is 1. The van der Waals surface area contributed by atoms with Crippen LogP contribution >= 0.6 is 15.9 Å². The Bertz CT molecular complexity index is 414. The van der Waals surface area contributed by atoms with Crippen molar-refractivity contribution in [1.29, 1.82) is 0 Å². The van der Waals surface area contributed by atoms with Crippen molar-refractivity contribution in [3.8, 4) is 0 Å². The Hall–Kier alpha value is -0.570. The monoisotopic (exact) mass is 400 g/mol. The molecule has 0 aliphatic heterocycles. The molecule has 0 aromatic heterocycles. The number of unbranched alkanes of at least 4 members (excludes halogenated alkanes) is 2. The summed E-state index contributed by atoms with van der Waals surface area (Å²) in [4.78, 5) is 12.4. The maximum atomic E-state index is 10.2. The summed E-state index contributed by atoms with van der Waals surface area (Å²) in [5.74, 6) is 0.0433. The molecule has 0 saturated heterocycles. The highest BCUT2D eigenvalue weighted by Crippen LogP contribution is 2.54. The molecule has 0 bridgehead atoms. The average molecular weight is 401 g/mol. The topological polar surface area (TPSA) is 37.3 Å². The summed E-state index contributed by atoms with van der Waals surface area (Å²) in [7, 11) is 0. The molecule has 1 N–H and O–H groups in total. The van der Waals surface area contributed by atoms with E-state index in [9.17, 15) is 4.79 Å². The molecule has 24 heavy (non-hydrogen) atoms. The van der Waals surface area contributed by atoms with Gasteiger partial charge < -0.3 is 5.11 Å². The summed E-state index contributed by atoms with van der Waals surface area (Å²) >= 11 is 3.51. The van der Waals surface area contributed by atoms with Gasteiger partial charge in [0, 0.05) is 5.57 Å². The van der Waals surface area contributed by atoms with Crippen LogP contribution in [-0.2, 0) is 4.79 Å². The zero-order chi connectivity index (χ0) is 18.6. The van der Waals surface area contributed by atoms with Crippen molar-refractivity contribution in [2.75, 3.05) is 0 Å². The van der Waals surface area contributed by atoms with Crippen LogP contribution in [0.3, 0.4) is 0 Å². The first kappa shape index (κ1) is 23.4. The number of aliphatic carboxylic acids is 1. The van der Waals surface area contributed by atoms with Crippen molar-refractivity contribution < 1.29 is 9.90 Å². The van der Waals surface area contributed by atoms with Crippen LogP contribution in [0, 0.1) is 11.3 Å². The minimum absolute atomic E-state index is 0.327. The second-order valence-electron chi connectivity index (χ2n) is 7.00. The molecule has 0 spiro atoms. The molecule has 2 nitrogen and oxygen atoms in total. The first-order chi connectivity index (χ1) is 11.4. The van der Waals surface area contributed by atoms with Gasteiger partial charge in [-0.15, -0.1) is 0 Å². The van der Waals surface area contributed by atoms with Gasteiger partial charge in [-0.1, -0.05) is 75.0 Å². The first-order valence-corrected chi connectivity index (χ1v) is 10.6. The molecule has 140 valence electrons. The second-order valence-corrected chi connectivity index (χ2v) is 7.46. The summed E-state index contributed by atoms with van der Waals surface area (Å²) in [6.07, 6.45) is 12.3. The van der Waals surface area contributed by atoms with Gasteiger partial charge in [-0.25, -0.2) is 4.79 Å². The molecule has 0 aromatic carbocycles. The van der Waals surface area contributed by atoms with E-state index in [0.29, 0.717) is 17.4 Å². The van der Waals surface area contributed by atoms with E-state index in [2.05, 4.69) is 41.3 Å². The first-order valence-electron chi connectivity index (χ1n) is 9.65. The van der Waals surface area contributed by atoms with Crippen LogP contribution in [0.4, 0.5) is 0 Å². The molecule has 0 radical (unpaired) electrons. The molecule has 2 aliphatic rings. The van der Waals surface area contributed by atoms with E-state index in [4.69, 9.17) is 5.11 Å². The van der Waals surface area contributed by atoms with Crippen molar-refractivity contribution in [1.82, 2.24) is 0 Å². The van der Waals surface area contributed by atoms with Crippen LogP contribution in [0.15, 0.2) is 22.7 Å². The summed E-state index contributed by atoms with van der Waals surface area (Å²) in [5, 5.41) is 8.38. The van der Waals surface area contributed by atoms with Crippen LogP contribution in [0.2, 0.25) is 0 Å². The van der Waals surface area contributed by atoms with Gasteiger partial charge in [-0.05, 0) is 61.3 Å². The minimum Gasteiger partial charge on any atom is -0.478 e. The normalized spacial score (nSPS) is 26.5. The quantitative estimate of drug-likeness (QED) is 0.383. The number of hydrogen-bond donors (Lipinski definition) is 1. The second kappa shape index (κ2) is 12.7. The van der Waals surface area contributed by atoms with Gasteiger partial charge in [0.2, 0.25) is 0 Å². The summed E-state index contributed by atoms with van der Waals surface area (Å²) in [5.41, 5.74) is 2.67. The molecular weight excluding hydrogens is 364 g/mol.